The number of carbonyl (C=O) groups is 3. The molecule has 1 heterocycles. The summed E-state index contributed by atoms with van der Waals surface area (Å²) in [4.78, 5) is 36.3. The number of hydrogen-bond donors (Lipinski definition) is 2. The van der Waals surface area contributed by atoms with Crippen LogP contribution in [0.3, 0.4) is 0 Å². The molecule has 104 valence electrons. The van der Waals surface area contributed by atoms with Gasteiger partial charge in [-0.2, -0.15) is 4.79 Å². The summed E-state index contributed by atoms with van der Waals surface area (Å²) >= 11 is 0. The van der Waals surface area contributed by atoms with Gasteiger partial charge in [0.2, 0.25) is 11.7 Å². The summed E-state index contributed by atoms with van der Waals surface area (Å²) in [5.41, 5.74) is 8.15. The lowest BCUT2D eigenvalue weighted by molar-refractivity contribution is -0.142. The van der Waals surface area contributed by atoms with Crippen LogP contribution < -0.4 is 5.32 Å². The number of aliphatic carboxylic acids is 1. The lowest BCUT2D eigenvalue weighted by atomic mass is 10.1. The van der Waals surface area contributed by atoms with E-state index in [1.807, 2.05) is 0 Å². The summed E-state index contributed by atoms with van der Waals surface area (Å²) in [5.74, 6) is -2.43. The molecule has 1 amide bonds. The highest BCUT2D eigenvalue weighted by Crippen LogP contribution is 2.13. The van der Waals surface area contributed by atoms with Crippen LogP contribution in [0.25, 0.3) is 5.53 Å². The lowest BCUT2D eigenvalue weighted by Gasteiger charge is -2.15. The van der Waals surface area contributed by atoms with Crippen molar-refractivity contribution < 1.29 is 29.0 Å². The van der Waals surface area contributed by atoms with Gasteiger partial charge in [0, 0.05) is 13.0 Å². The number of nitrogens with zero attached hydrogens (tertiary/aromatic N) is 2. The van der Waals surface area contributed by atoms with Gasteiger partial charge in [-0.3, -0.25) is 9.59 Å². The first-order valence-electron chi connectivity index (χ1n) is 5.85. The fourth-order valence-electron chi connectivity index (χ4n) is 1.70. The number of carbonyl (C=O) groups excluding carboxylic acids is 2. The third kappa shape index (κ3) is 4.99. The number of Topliss-reactive ketones (excluding diaryl/α,β-unsaturated/α-hetero) is 1. The Morgan fingerprint density at radius 2 is 2.26 bits per heavy atom. The first kappa shape index (κ1) is 15.0. The van der Waals surface area contributed by atoms with Crippen LogP contribution in [0.15, 0.2) is 0 Å². The Morgan fingerprint density at radius 1 is 1.53 bits per heavy atom. The van der Waals surface area contributed by atoms with Gasteiger partial charge in [0.05, 0.1) is 12.5 Å². The average Bonchev–Trinajstić information content (AvgIpc) is 2.88. The van der Waals surface area contributed by atoms with E-state index in [0.717, 1.165) is 0 Å². The van der Waals surface area contributed by atoms with Crippen LogP contribution in [0.1, 0.15) is 19.3 Å². The maximum absolute atomic E-state index is 11.7. The van der Waals surface area contributed by atoms with Crippen LogP contribution >= 0.6 is 0 Å². The molecular formula is C11H15N3O5. The minimum atomic E-state index is -1.21. The third-order valence-electron chi connectivity index (χ3n) is 2.80. The molecule has 2 N–H and O–H groups in total. The van der Waals surface area contributed by atoms with Crippen LogP contribution in [0.5, 0.6) is 0 Å². The normalized spacial score (nSPS) is 19.3. The van der Waals surface area contributed by atoms with E-state index in [0.29, 0.717) is 19.2 Å². The predicted molar refractivity (Wildman–Crippen MR) is 62.4 cm³/mol. The van der Waals surface area contributed by atoms with Crippen molar-refractivity contribution in [2.24, 2.45) is 5.92 Å². The quantitative estimate of drug-likeness (QED) is 0.356. The van der Waals surface area contributed by atoms with Crippen LogP contribution in [-0.4, -0.2) is 53.0 Å². The Morgan fingerprint density at radius 3 is 2.79 bits per heavy atom. The molecule has 8 nitrogen and oxygen atoms in total. The van der Waals surface area contributed by atoms with E-state index in [-0.39, 0.29) is 31.3 Å². The summed E-state index contributed by atoms with van der Waals surface area (Å²) in [6, 6.07) is -1.14. The van der Waals surface area contributed by atoms with Crippen LogP contribution in [0.2, 0.25) is 0 Å². The number of amides is 1. The van der Waals surface area contributed by atoms with Crippen LogP contribution in [0, 0.1) is 5.92 Å². The molecule has 1 fully saturated rings. The molecule has 0 aromatic rings. The van der Waals surface area contributed by atoms with Gasteiger partial charge in [-0.1, -0.05) is 0 Å². The minimum absolute atomic E-state index is 0.0560. The zero-order valence-electron chi connectivity index (χ0n) is 10.2. The SMILES string of the molecule is [N-]=[N+]=CC(=O)CCC(NC(=O)[C@H]1CCOC1)C(=O)O. The molecule has 0 aromatic heterocycles. The fourth-order valence-corrected chi connectivity index (χ4v) is 1.70. The number of rotatable bonds is 7. The first-order chi connectivity index (χ1) is 9.04. The molecular weight excluding hydrogens is 254 g/mol. The number of carboxylic acid groups (broad SMARTS) is 1. The smallest absolute Gasteiger partial charge is 0.326 e. The second-order valence-corrected chi connectivity index (χ2v) is 4.21. The van der Waals surface area contributed by atoms with Crippen LogP contribution in [-0.2, 0) is 19.1 Å². The number of ether oxygens (including phenoxy) is 1. The molecule has 1 aliphatic rings. The summed E-state index contributed by atoms with van der Waals surface area (Å²) in [7, 11) is 0. The molecule has 8 heteroatoms. The van der Waals surface area contributed by atoms with Gasteiger partial charge in [0.1, 0.15) is 6.04 Å². The second kappa shape index (κ2) is 7.40. The molecule has 1 rings (SSSR count). The Hall–Kier alpha value is -2.05. The van der Waals surface area contributed by atoms with Gasteiger partial charge in [0.25, 0.3) is 0 Å². The number of ketones is 1. The van der Waals surface area contributed by atoms with E-state index in [9.17, 15) is 14.4 Å². The zero-order chi connectivity index (χ0) is 14.3. The van der Waals surface area contributed by atoms with E-state index in [1.54, 1.807) is 0 Å². The van der Waals surface area contributed by atoms with Crippen molar-refractivity contribution in [1.82, 2.24) is 5.32 Å². The van der Waals surface area contributed by atoms with E-state index in [1.165, 1.54) is 0 Å². The third-order valence-corrected chi connectivity index (χ3v) is 2.80. The Labute approximate surface area is 109 Å². The molecule has 19 heavy (non-hydrogen) atoms. The summed E-state index contributed by atoms with van der Waals surface area (Å²) in [6.45, 7) is 0.773. The van der Waals surface area contributed by atoms with Gasteiger partial charge in [-0.15, -0.1) is 0 Å². The van der Waals surface area contributed by atoms with Gasteiger partial charge >= 0.3 is 12.2 Å². The van der Waals surface area contributed by atoms with Crippen molar-refractivity contribution in [1.29, 1.82) is 0 Å². The summed E-state index contributed by atoms with van der Waals surface area (Å²) < 4.78 is 5.04. The standard InChI is InChI=1S/C11H15N3O5/c12-13-5-8(15)1-2-9(11(17)18)14-10(16)7-3-4-19-6-7/h5,7,9H,1-4,6H2,(H,14,16)(H,17,18)/t7-,9?/m0/s1. The summed E-state index contributed by atoms with van der Waals surface area (Å²) in [6.07, 6.45) is 1.09. The largest absolute Gasteiger partial charge is 0.480 e. The first-order valence-corrected chi connectivity index (χ1v) is 5.85. The van der Waals surface area contributed by atoms with Crippen molar-refractivity contribution in [3.8, 4) is 0 Å². The van der Waals surface area contributed by atoms with Crippen molar-refractivity contribution in [3.05, 3.63) is 5.53 Å². The fraction of sp³-hybridized carbons (Fsp3) is 0.636. The average molecular weight is 269 g/mol. The van der Waals surface area contributed by atoms with Crippen molar-refractivity contribution in [2.75, 3.05) is 13.2 Å². The second-order valence-electron chi connectivity index (χ2n) is 4.21. The van der Waals surface area contributed by atoms with E-state index in [2.05, 4.69) is 10.1 Å². The van der Waals surface area contributed by atoms with Crippen molar-refractivity contribution in [3.63, 3.8) is 0 Å². The number of carboxylic acids is 1. The monoisotopic (exact) mass is 269 g/mol. The molecule has 0 bridgehead atoms. The van der Waals surface area contributed by atoms with Gasteiger partial charge in [-0.05, 0) is 12.8 Å². The number of hydrogen-bond acceptors (Lipinski definition) is 4. The molecule has 0 radical (unpaired) electrons. The molecule has 1 saturated heterocycles. The summed E-state index contributed by atoms with van der Waals surface area (Å²) in [5, 5.41) is 11.3. The van der Waals surface area contributed by atoms with Crippen LogP contribution in [0.4, 0.5) is 0 Å². The number of nitrogens with one attached hydrogen (secondary N) is 1. The minimum Gasteiger partial charge on any atom is -0.480 e. The van der Waals surface area contributed by atoms with E-state index >= 15 is 0 Å². The molecule has 0 aromatic carbocycles. The molecule has 1 unspecified atom stereocenters. The maximum atomic E-state index is 11.7. The highest BCUT2D eigenvalue weighted by Gasteiger charge is 2.28. The zero-order valence-corrected chi connectivity index (χ0v) is 10.2. The lowest BCUT2D eigenvalue weighted by Crippen LogP contribution is -2.44. The predicted octanol–water partition coefficient (Wildman–Crippen LogP) is -0.758. The Bertz CT molecular complexity index is 411. The topological polar surface area (TPSA) is 129 Å². The van der Waals surface area contributed by atoms with Gasteiger partial charge < -0.3 is 20.7 Å². The van der Waals surface area contributed by atoms with Gasteiger partial charge in [0.15, 0.2) is 0 Å². The van der Waals surface area contributed by atoms with Crippen molar-refractivity contribution >= 4 is 23.9 Å². The maximum Gasteiger partial charge on any atom is 0.326 e. The van der Waals surface area contributed by atoms with E-state index in [4.69, 9.17) is 15.4 Å². The highest BCUT2D eigenvalue weighted by molar-refractivity contribution is 6.25. The molecule has 2 atom stereocenters. The molecule has 0 spiro atoms. The Kier molecular flexibility index (Phi) is 5.84. The Balaban J connectivity index is 2.48. The molecule has 0 aliphatic carbocycles. The molecule has 1 aliphatic heterocycles. The highest BCUT2D eigenvalue weighted by atomic mass is 16.5. The van der Waals surface area contributed by atoms with E-state index < -0.39 is 17.8 Å². The van der Waals surface area contributed by atoms with Gasteiger partial charge in [-0.25, -0.2) is 4.79 Å². The molecule has 0 saturated carbocycles. The van der Waals surface area contributed by atoms with Crippen molar-refractivity contribution in [2.45, 2.75) is 25.3 Å².